The summed E-state index contributed by atoms with van der Waals surface area (Å²) < 4.78 is 42.9. The molecule has 0 aliphatic carbocycles. The molecule has 0 aromatic heterocycles. The Morgan fingerprint density at radius 1 is 1.07 bits per heavy atom. The number of nitrogens with one attached hydrogen (secondary N) is 2. The normalized spacial score (nSPS) is 25.4. The second-order valence-electron chi connectivity index (χ2n) is 7.29. The number of alkyl carbamates (subject to hydrolysis) is 1. The Bertz CT molecular complexity index is 674. The summed E-state index contributed by atoms with van der Waals surface area (Å²) in [6.07, 6.45) is 0.353. The average Bonchev–Trinajstić information content (AvgIpc) is 2.65. The molecule has 8 heteroatoms. The summed E-state index contributed by atoms with van der Waals surface area (Å²) in [5.74, 6) is -0.483. The van der Waals surface area contributed by atoms with Gasteiger partial charge in [-0.15, -0.1) is 0 Å². The van der Waals surface area contributed by atoms with E-state index in [1.807, 2.05) is 0 Å². The Kier molecular flexibility index (Phi) is 6.04. The number of fused-ring (bicyclic) bond motifs is 1. The van der Waals surface area contributed by atoms with Gasteiger partial charge in [0.25, 0.3) is 5.91 Å². The minimum absolute atomic E-state index is 0.0273. The molecule has 0 saturated carbocycles. The molecule has 2 saturated heterocycles. The van der Waals surface area contributed by atoms with Crippen LogP contribution in [0.1, 0.15) is 48.0 Å². The van der Waals surface area contributed by atoms with Gasteiger partial charge in [0.15, 0.2) is 0 Å². The van der Waals surface area contributed by atoms with Gasteiger partial charge in [-0.3, -0.25) is 10.1 Å². The van der Waals surface area contributed by atoms with Crippen LogP contribution in [0.2, 0.25) is 0 Å². The minimum atomic E-state index is -4.47. The molecule has 0 bridgehead atoms. The molecule has 2 N–H and O–H groups in total. The first-order valence-corrected chi connectivity index (χ1v) is 9.34. The van der Waals surface area contributed by atoms with Crippen molar-refractivity contribution < 1.29 is 32.4 Å². The average molecular weight is 385 g/mol. The Hall–Kier alpha value is -2.09. The number of carbonyl (C=O) groups is 2. The molecule has 1 unspecified atom stereocenters. The van der Waals surface area contributed by atoms with E-state index >= 15 is 0 Å². The number of halogens is 3. The van der Waals surface area contributed by atoms with Gasteiger partial charge < -0.3 is 9.64 Å². The quantitative estimate of drug-likeness (QED) is 0.840. The number of piperidine rings is 2. The van der Waals surface area contributed by atoms with Gasteiger partial charge >= 0.3 is 12.3 Å². The summed E-state index contributed by atoms with van der Waals surface area (Å²) in [4.78, 5) is 25.5. The summed E-state index contributed by atoms with van der Waals surface area (Å²) in [7, 11) is 0. The molecule has 2 aliphatic rings. The largest absolute Gasteiger partial charge is 0.449 e. The van der Waals surface area contributed by atoms with E-state index in [1.54, 1.807) is 4.90 Å². The van der Waals surface area contributed by atoms with E-state index in [0.29, 0.717) is 12.0 Å². The van der Waals surface area contributed by atoms with Crippen molar-refractivity contribution in [2.45, 2.75) is 44.3 Å². The predicted molar refractivity (Wildman–Crippen MR) is 91.3 cm³/mol. The lowest BCUT2D eigenvalue weighted by Crippen LogP contribution is -3.18. The number of hydrogen-bond donors (Lipinski definition) is 2. The van der Waals surface area contributed by atoms with Crippen LogP contribution in [-0.2, 0) is 10.9 Å². The third-order valence-corrected chi connectivity index (χ3v) is 5.55. The van der Waals surface area contributed by atoms with Crippen LogP contribution < -0.4 is 10.2 Å². The number of alkyl halides is 3. The number of quaternary nitrogens is 1. The zero-order valence-corrected chi connectivity index (χ0v) is 15.0. The number of imide groups is 1. The molecule has 3 rings (SSSR count). The van der Waals surface area contributed by atoms with Crippen LogP contribution in [0, 0.1) is 5.92 Å². The van der Waals surface area contributed by atoms with Gasteiger partial charge in [0.1, 0.15) is 6.61 Å². The molecular formula is C19H24F3N2O3+. The third kappa shape index (κ3) is 5.00. The van der Waals surface area contributed by atoms with E-state index in [-0.39, 0.29) is 12.2 Å². The molecule has 3 atom stereocenters. The van der Waals surface area contributed by atoms with E-state index in [9.17, 15) is 22.8 Å². The van der Waals surface area contributed by atoms with Crippen molar-refractivity contribution in [3.05, 3.63) is 35.4 Å². The third-order valence-electron chi connectivity index (χ3n) is 5.55. The van der Waals surface area contributed by atoms with Crippen LogP contribution in [0.3, 0.4) is 0 Å². The summed E-state index contributed by atoms with van der Waals surface area (Å²) >= 11 is 0. The van der Waals surface area contributed by atoms with Crippen molar-refractivity contribution in [1.82, 2.24) is 5.32 Å². The first-order chi connectivity index (χ1) is 12.8. The van der Waals surface area contributed by atoms with E-state index in [2.05, 4.69) is 5.32 Å². The number of amides is 2. The van der Waals surface area contributed by atoms with E-state index in [0.717, 1.165) is 43.5 Å². The standard InChI is InChI=1S/C19H23F3N2O3/c20-19(21,22)15-8-6-13(7-9-15)17(25)23-18(26)27-12-14-4-3-11-24-10-2-1-5-16(14)24/h6-9,14,16H,1-5,10-12H2,(H,23,25,26)/p+1/t14-,16+/m0/s1. The van der Waals surface area contributed by atoms with Gasteiger partial charge in [0, 0.05) is 11.5 Å². The van der Waals surface area contributed by atoms with Crippen molar-refractivity contribution in [2.24, 2.45) is 5.92 Å². The zero-order chi connectivity index (χ0) is 19.4. The van der Waals surface area contributed by atoms with Crippen molar-refractivity contribution >= 4 is 12.0 Å². The van der Waals surface area contributed by atoms with Crippen LogP contribution in [0.5, 0.6) is 0 Å². The first kappa shape index (κ1) is 19.7. The Labute approximate surface area is 155 Å². The lowest BCUT2D eigenvalue weighted by atomic mass is 9.84. The van der Waals surface area contributed by atoms with E-state index < -0.39 is 23.7 Å². The molecule has 1 aromatic carbocycles. The predicted octanol–water partition coefficient (Wildman–Crippen LogP) is 2.42. The molecule has 148 valence electrons. The molecule has 0 radical (unpaired) electrons. The fourth-order valence-electron chi connectivity index (χ4n) is 4.17. The molecule has 1 aromatic rings. The number of ether oxygens (including phenoxy) is 1. The monoisotopic (exact) mass is 385 g/mol. The maximum absolute atomic E-state index is 12.5. The molecule has 2 aliphatic heterocycles. The summed E-state index contributed by atoms with van der Waals surface area (Å²) in [6.45, 7) is 2.60. The Balaban J connectivity index is 1.49. The van der Waals surface area contributed by atoms with Crippen molar-refractivity contribution in [3.63, 3.8) is 0 Å². The van der Waals surface area contributed by atoms with Gasteiger partial charge in [-0.05, 0) is 56.4 Å². The zero-order valence-electron chi connectivity index (χ0n) is 15.0. The lowest BCUT2D eigenvalue weighted by molar-refractivity contribution is -0.940. The van der Waals surface area contributed by atoms with Crippen LogP contribution in [0.4, 0.5) is 18.0 Å². The number of benzene rings is 1. The highest BCUT2D eigenvalue weighted by atomic mass is 19.4. The van der Waals surface area contributed by atoms with Crippen LogP contribution in [0.15, 0.2) is 24.3 Å². The van der Waals surface area contributed by atoms with Gasteiger partial charge in [0.2, 0.25) is 0 Å². The maximum atomic E-state index is 12.5. The summed E-state index contributed by atoms with van der Waals surface area (Å²) in [5.41, 5.74) is -0.876. The smallest absolute Gasteiger partial charge is 0.416 e. The topological polar surface area (TPSA) is 59.8 Å². The maximum Gasteiger partial charge on any atom is 0.416 e. The highest BCUT2D eigenvalue weighted by Crippen LogP contribution is 2.29. The van der Waals surface area contributed by atoms with Crippen molar-refractivity contribution in [1.29, 1.82) is 0 Å². The Morgan fingerprint density at radius 2 is 1.78 bits per heavy atom. The van der Waals surface area contributed by atoms with Crippen LogP contribution in [-0.4, -0.2) is 37.7 Å². The van der Waals surface area contributed by atoms with Gasteiger partial charge in [-0.1, -0.05) is 0 Å². The molecule has 27 heavy (non-hydrogen) atoms. The Morgan fingerprint density at radius 3 is 2.48 bits per heavy atom. The summed E-state index contributed by atoms with van der Waals surface area (Å²) in [6, 6.07) is 4.20. The lowest BCUT2D eigenvalue weighted by Gasteiger charge is -2.40. The molecule has 5 nitrogen and oxygen atoms in total. The van der Waals surface area contributed by atoms with Gasteiger partial charge in [0.05, 0.1) is 24.7 Å². The molecule has 0 spiro atoms. The second-order valence-corrected chi connectivity index (χ2v) is 7.29. The van der Waals surface area contributed by atoms with E-state index in [1.165, 1.54) is 25.9 Å². The minimum Gasteiger partial charge on any atom is -0.449 e. The summed E-state index contributed by atoms with van der Waals surface area (Å²) in [5, 5.41) is 2.08. The highest BCUT2D eigenvalue weighted by Gasteiger charge is 2.37. The highest BCUT2D eigenvalue weighted by molar-refractivity contribution is 6.02. The number of rotatable bonds is 3. The number of hydrogen-bond acceptors (Lipinski definition) is 3. The van der Waals surface area contributed by atoms with Crippen LogP contribution >= 0.6 is 0 Å². The molecule has 2 heterocycles. The molecular weight excluding hydrogens is 361 g/mol. The fourth-order valence-corrected chi connectivity index (χ4v) is 4.17. The number of carbonyl (C=O) groups excluding carboxylic acids is 2. The van der Waals surface area contributed by atoms with Crippen molar-refractivity contribution in [3.8, 4) is 0 Å². The molecule has 2 fully saturated rings. The second kappa shape index (κ2) is 8.29. The van der Waals surface area contributed by atoms with Gasteiger partial charge in [-0.2, -0.15) is 13.2 Å². The molecule has 2 amide bonds. The van der Waals surface area contributed by atoms with Crippen LogP contribution in [0.25, 0.3) is 0 Å². The first-order valence-electron chi connectivity index (χ1n) is 9.34. The van der Waals surface area contributed by atoms with Gasteiger partial charge in [-0.25, -0.2) is 4.79 Å². The van der Waals surface area contributed by atoms with E-state index in [4.69, 9.17) is 4.74 Å². The SMILES string of the molecule is O=C(NC(=O)c1ccc(C(F)(F)F)cc1)OC[C@@H]1CCC[NH+]2CCCC[C@H]12. The fraction of sp³-hybridized carbons (Fsp3) is 0.579. The van der Waals surface area contributed by atoms with Crippen molar-refractivity contribution in [2.75, 3.05) is 19.7 Å².